The molecule has 5 N–H and O–H groups in total. The van der Waals surface area contributed by atoms with Crippen molar-refractivity contribution in [1.82, 2.24) is 19.6 Å². The first kappa shape index (κ1) is 19.6. The number of imidazole rings is 1. The van der Waals surface area contributed by atoms with Crippen molar-refractivity contribution in [2.75, 3.05) is 11.5 Å². The summed E-state index contributed by atoms with van der Waals surface area (Å²) in [6, 6.07) is 9.79. The van der Waals surface area contributed by atoms with Gasteiger partial charge in [0.25, 0.3) is 0 Å². The standard InChI is InChI=1S/C20H26N6O3/c1-4-14-12(2)19(3,28-11-13-8-6-5-7-9-13)20(27,29-14)15-10-23-17-16(21)24-18(22)25-26(15)17/h5-10,12,14,27H,4,11H2,1-3H3,(H4,21,22,24,25)/t12-,14-,19-,20+/m1/s1. The van der Waals surface area contributed by atoms with E-state index in [0.29, 0.717) is 24.4 Å². The van der Waals surface area contributed by atoms with E-state index in [9.17, 15) is 5.11 Å². The number of aliphatic hydroxyl groups is 1. The summed E-state index contributed by atoms with van der Waals surface area (Å²) >= 11 is 0. The van der Waals surface area contributed by atoms with E-state index in [1.807, 2.05) is 51.1 Å². The third-order valence-corrected chi connectivity index (χ3v) is 5.96. The summed E-state index contributed by atoms with van der Waals surface area (Å²) < 4.78 is 13.9. The number of aromatic nitrogens is 4. The minimum Gasteiger partial charge on any atom is -0.380 e. The van der Waals surface area contributed by atoms with E-state index in [4.69, 9.17) is 20.9 Å². The third-order valence-electron chi connectivity index (χ3n) is 5.96. The van der Waals surface area contributed by atoms with Gasteiger partial charge in [0, 0.05) is 5.92 Å². The van der Waals surface area contributed by atoms with Gasteiger partial charge in [0.15, 0.2) is 11.5 Å². The van der Waals surface area contributed by atoms with Crippen molar-refractivity contribution in [1.29, 1.82) is 0 Å². The highest BCUT2D eigenvalue weighted by molar-refractivity contribution is 5.61. The Balaban J connectivity index is 1.80. The summed E-state index contributed by atoms with van der Waals surface area (Å²) in [5.41, 5.74) is 12.2. The summed E-state index contributed by atoms with van der Waals surface area (Å²) in [7, 11) is 0. The first-order valence-corrected chi connectivity index (χ1v) is 9.65. The summed E-state index contributed by atoms with van der Waals surface area (Å²) in [5, 5.41) is 16.0. The van der Waals surface area contributed by atoms with Crippen molar-refractivity contribution in [2.45, 2.75) is 51.3 Å². The molecule has 9 heteroatoms. The zero-order valence-corrected chi connectivity index (χ0v) is 16.7. The number of benzene rings is 1. The summed E-state index contributed by atoms with van der Waals surface area (Å²) in [4.78, 5) is 8.20. The fraction of sp³-hybridized carbons (Fsp3) is 0.450. The minimum atomic E-state index is -1.81. The van der Waals surface area contributed by atoms with Gasteiger partial charge in [-0.2, -0.15) is 4.98 Å². The van der Waals surface area contributed by atoms with Crippen LogP contribution in [0.3, 0.4) is 0 Å². The molecule has 0 amide bonds. The largest absolute Gasteiger partial charge is 0.380 e. The van der Waals surface area contributed by atoms with Gasteiger partial charge in [0.2, 0.25) is 11.7 Å². The molecule has 0 bridgehead atoms. The van der Waals surface area contributed by atoms with Gasteiger partial charge in [0.1, 0.15) is 11.3 Å². The first-order valence-electron chi connectivity index (χ1n) is 9.65. The summed E-state index contributed by atoms with van der Waals surface area (Å²) in [6.45, 7) is 6.19. The van der Waals surface area contributed by atoms with Crippen LogP contribution in [-0.4, -0.2) is 36.4 Å². The molecule has 1 aliphatic heterocycles. The molecule has 4 atom stereocenters. The van der Waals surface area contributed by atoms with Gasteiger partial charge < -0.3 is 26.0 Å². The van der Waals surface area contributed by atoms with Crippen LogP contribution in [0, 0.1) is 5.92 Å². The second-order valence-electron chi connectivity index (χ2n) is 7.61. The van der Waals surface area contributed by atoms with Crippen LogP contribution in [0.2, 0.25) is 0 Å². The SMILES string of the molecule is CC[C@H]1O[C@@](O)(c2cnc3c(N)nc(N)nn23)[C@](C)(OCc2ccccc2)[C@@H]1C. The molecular formula is C20H26N6O3. The van der Waals surface area contributed by atoms with Crippen molar-refractivity contribution in [3.8, 4) is 0 Å². The highest BCUT2D eigenvalue weighted by Crippen LogP contribution is 2.51. The Bertz CT molecular complexity index is 1030. The van der Waals surface area contributed by atoms with Crippen LogP contribution in [0.5, 0.6) is 0 Å². The van der Waals surface area contributed by atoms with E-state index in [0.717, 1.165) is 5.56 Å². The maximum absolute atomic E-state index is 11.9. The predicted molar refractivity (Wildman–Crippen MR) is 107 cm³/mol. The molecular weight excluding hydrogens is 372 g/mol. The van der Waals surface area contributed by atoms with Crippen molar-refractivity contribution in [2.24, 2.45) is 5.92 Å². The predicted octanol–water partition coefficient (Wildman–Crippen LogP) is 1.85. The van der Waals surface area contributed by atoms with E-state index in [2.05, 4.69) is 15.1 Å². The van der Waals surface area contributed by atoms with Gasteiger partial charge in [0.05, 0.1) is 18.9 Å². The van der Waals surface area contributed by atoms with Crippen molar-refractivity contribution >= 4 is 17.4 Å². The monoisotopic (exact) mass is 398 g/mol. The molecule has 29 heavy (non-hydrogen) atoms. The molecule has 3 aromatic rings. The molecule has 1 saturated heterocycles. The van der Waals surface area contributed by atoms with Crippen LogP contribution in [0.1, 0.15) is 38.4 Å². The van der Waals surface area contributed by atoms with Crippen LogP contribution in [0.15, 0.2) is 36.5 Å². The molecule has 0 saturated carbocycles. The fourth-order valence-electron chi connectivity index (χ4n) is 4.04. The highest BCUT2D eigenvalue weighted by atomic mass is 16.7. The summed E-state index contributed by atoms with van der Waals surface area (Å²) in [5.74, 6) is -1.82. The molecule has 2 aromatic heterocycles. The highest BCUT2D eigenvalue weighted by Gasteiger charge is 2.64. The lowest BCUT2D eigenvalue weighted by Crippen LogP contribution is -2.52. The zero-order chi connectivity index (χ0) is 20.8. The topological polar surface area (TPSA) is 134 Å². The van der Waals surface area contributed by atoms with Gasteiger partial charge in [-0.15, -0.1) is 5.10 Å². The minimum absolute atomic E-state index is 0.0251. The molecule has 0 radical (unpaired) electrons. The van der Waals surface area contributed by atoms with E-state index in [-0.39, 0.29) is 23.8 Å². The molecule has 154 valence electrons. The Kier molecular flexibility index (Phi) is 4.68. The van der Waals surface area contributed by atoms with Crippen LogP contribution in [0.25, 0.3) is 5.65 Å². The number of hydrogen-bond acceptors (Lipinski definition) is 8. The van der Waals surface area contributed by atoms with Crippen molar-refractivity contribution < 1.29 is 14.6 Å². The summed E-state index contributed by atoms with van der Waals surface area (Å²) in [6.07, 6.45) is 1.97. The molecule has 0 spiro atoms. The van der Waals surface area contributed by atoms with Gasteiger partial charge >= 0.3 is 0 Å². The van der Waals surface area contributed by atoms with Crippen LogP contribution < -0.4 is 11.5 Å². The van der Waals surface area contributed by atoms with Gasteiger partial charge in [-0.05, 0) is 18.9 Å². The quantitative estimate of drug-likeness (QED) is 0.593. The lowest BCUT2D eigenvalue weighted by atomic mass is 9.81. The van der Waals surface area contributed by atoms with E-state index in [1.165, 1.54) is 10.7 Å². The molecule has 4 rings (SSSR count). The maximum atomic E-state index is 11.9. The second kappa shape index (κ2) is 6.94. The Morgan fingerprint density at radius 2 is 2.00 bits per heavy atom. The lowest BCUT2D eigenvalue weighted by molar-refractivity contribution is -0.288. The molecule has 0 unspecified atom stereocenters. The molecule has 1 fully saturated rings. The molecule has 1 aliphatic rings. The van der Waals surface area contributed by atoms with Gasteiger partial charge in [-0.1, -0.05) is 44.2 Å². The van der Waals surface area contributed by atoms with E-state index >= 15 is 0 Å². The van der Waals surface area contributed by atoms with Gasteiger partial charge in [-0.3, -0.25) is 0 Å². The number of nitrogen functional groups attached to an aromatic ring is 2. The molecule has 1 aromatic carbocycles. The van der Waals surface area contributed by atoms with Crippen LogP contribution >= 0.6 is 0 Å². The van der Waals surface area contributed by atoms with Crippen LogP contribution in [0.4, 0.5) is 11.8 Å². The van der Waals surface area contributed by atoms with E-state index in [1.54, 1.807) is 0 Å². The Morgan fingerprint density at radius 1 is 1.28 bits per heavy atom. The van der Waals surface area contributed by atoms with Crippen LogP contribution in [-0.2, 0) is 21.9 Å². The maximum Gasteiger partial charge on any atom is 0.242 e. The van der Waals surface area contributed by atoms with Crippen molar-refractivity contribution in [3.05, 3.63) is 47.8 Å². The number of fused-ring (bicyclic) bond motifs is 1. The second-order valence-corrected chi connectivity index (χ2v) is 7.61. The number of nitrogens with zero attached hydrogens (tertiary/aromatic N) is 4. The number of anilines is 2. The van der Waals surface area contributed by atoms with Crippen molar-refractivity contribution in [3.63, 3.8) is 0 Å². The third kappa shape index (κ3) is 2.93. The Labute approximate surface area is 168 Å². The molecule has 0 aliphatic carbocycles. The first-order chi connectivity index (χ1) is 13.8. The smallest absolute Gasteiger partial charge is 0.242 e. The van der Waals surface area contributed by atoms with E-state index < -0.39 is 11.4 Å². The number of ether oxygens (including phenoxy) is 2. The lowest BCUT2D eigenvalue weighted by Gasteiger charge is -2.39. The number of nitrogens with two attached hydrogens (primary N) is 2. The zero-order valence-electron chi connectivity index (χ0n) is 16.7. The number of hydrogen-bond donors (Lipinski definition) is 3. The fourth-order valence-corrected chi connectivity index (χ4v) is 4.04. The van der Waals surface area contributed by atoms with Gasteiger partial charge in [-0.25, -0.2) is 9.50 Å². The average Bonchev–Trinajstić information content (AvgIpc) is 3.22. The normalized spacial score (nSPS) is 29.5. The average molecular weight is 398 g/mol. The number of rotatable bonds is 5. The molecule has 3 heterocycles. The Morgan fingerprint density at radius 3 is 2.69 bits per heavy atom. The molecule has 9 nitrogen and oxygen atoms in total. The Hall–Kier alpha value is -2.75.